The van der Waals surface area contributed by atoms with E-state index in [0.29, 0.717) is 10.2 Å². The Labute approximate surface area is 259 Å². The first kappa shape index (κ1) is 40.0. The molecule has 0 aliphatic heterocycles. The van der Waals surface area contributed by atoms with Crippen LogP contribution in [0.15, 0.2) is 0 Å². The summed E-state index contributed by atoms with van der Waals surface area (Å²) in [5.41, 5.74) is -0.485. The molecule has 0 aromatic carbocycles. The molecule has 0 radical (unpaired) electrons. The van der Waals surface area contributed by atoms with Crippen LogP contribution in [0.25, 0.3) is 0 Å². The summed E-state index contributed by atoms with van der Waals surface area (Å²) in [5.74, 6) is 1.93. The van der Waals surface area contributed by atoms with Crippen molar-refractivity contribution in [3.05, 3.63) is 0 Å². The fraction of sp³-hybridized carbons (Fsp3) is 0.943. The predicted molar refractivity (Wildman–Crippen MR) is 181 cm³/mol. The summed E-state index contributed by atoms with van der Waals surface area (Å²) in [7, 11) is 0. The van der Waals surface area contributed by atoms with Crippen molar-refractivity contribution in [1.82, 2.24) is 0 Å². The standard InChI is InChI=1S/C35H68O3S2/c1-7-9-11-13-15-23-29-39-32(37)34(3,4)27-21-17-19-25-31(36)26-20-18-22-28-35(5,6)33(38)40-30-24-16-14-12-10-8-2/h31,36H,7-30H2,1-6H3. The summed E-state index contributed by atoms with van der Waals surface area (Å²) in [6.45, 7) is 12.9. The topological polar surface area (TPSA) is 54.4 Å². The van der Waals surface area contributed by atoms with Gasteiger partial charge in [0.05, 0.1) is 6.10 Å². The van der Waals surface area contributed by atoms with Crippen LogP contribution in [0.3, 0.4) is 0 Å². The highest BCUT2D eigenvalue weighted by molar-refractivity contribution is 8.14. The van der Waals surface area contributed by atoms with E-state index < -0.39 is 0 Å². The van der Waals surface area contributed by atoms with Crippen LogP contribution in [0.4, 0.5) is 0 Å². The smallest absolute Gasteiger partial charge is 0.194 e. The molecule has 0 spiro atoms. The van der Waals surface area contributed by atoms with Crippen LogP contribution in [0.2, 0.25) is 0 Å². The summed E-state index contributed by atoms with van der Waals surface area (Å²) in [4.78, 5) is 25.3. The van der Waals surface area contributed by atoms with Gasteiger partial charge in [0.2, 0.25) is 0 Å². The fourth-order valence-corrected chi connectivity index (χ4v) is 7.13. The van der Waals surface area contributed by atoms with E-state index in [2.05, 4.69) is 41.5 Å². The summed E-state index contributed by atoms with van der Waals surface area (Å²) < 4.78 is 0. The van der Waals surface area contributed by atoms with Crippen molar-refractivity contribution < 1.29 is 14.7 Å². The summed E-state index contributed by atoms with van der Waals surface area (Å²) in [6, 6.07) is 0. The number of hydrogen-bond acceptors (Lipinski definition) is 5. The van der Waals surface area contributed by atoms with Crippen LogP contribution in [-0.2, 0) is 9.59 Å². The van der Waals surface area contributed by atoms with Crippen molar-refractivity contribution in [3.63, 3.8) is 0 Å². The molecule has 0 saturated carbocycles. The van der Waals surface area contributed by atoms with Gasteiger partial charge in [0.1, 0.15) is 0 Å². The van der Waals surface area contributed by atoms with Crippen LogP contribution < -0.4 is 0 Å². The van der Waals surface area contributed by atoms with Crippen molar-refractivity contribution in [3.8, 4) is 0 Å². The second-order valence-electron chi connectivity index (χ2n) is 13.4. The minimum absolute atomic E-state index is 0.218. The maximum atomic E-state index is 12.6. The SMILES string of the molecule is CCCCCCCCSC(=O)C(C)(C)CCCCCC(O)CCCCCC(C)(C)C(=O)SCCCCCCCC. The van der Waals surface area contributed by atoms with Gasteiger partial charge in [-0.15, -0.1) is 0 Å². The second-order valence-corrected chi connectivity index (χ2v) is 15.6. The minimum Gasteiger partial charge on any atom is -0.393 e. The molecule has 0 atom stereocenters. The van der Waals surface area contributed by atoms with E-state index in [1.165, 1.54) is 87.7 Å². The highest BCUT2D eigenvalue weighted by Gasteiger charge is 2.28. The maximum absolute atomic E-state index is 12.6. The lowest BCUT2D eigenvalue weighted by Crippen LogP contribution is -2.21. The van der Waals surface area contributed by atoms with Gasteiger partial charge in [-0.1, -0.05) is 168 Å². The van der Waals surface area contributed by atoms with E-state index >= 15 is 0 Å². The first-order valence-electron chi connectivity index (χ1n) is 17.1. The molecule has 0 aromatic rings. The molecule has 0 aliphatic rings. The predicted octanol–water partition coefficient (Wildman–Crippen LogP) is 11.5. The molecule has 0 aliphatic carbocycles. The first-order chi connectivity index (χ1) is 19.1. The minimum atomic E-state index is -0.243. The van der Waals surface area contributed by atoms with Crippen LogP contribution in [0, 0.1) is 10.8 Å². The second kappa shape index (κ2) is 25.5. The third-order valence-electron chi connectivity index (χ3n) is 8.25. The van der Waals surface area contributed by atoms with E-state index in [0.717, 1.165) is 88.6 Å². The van der Waals surface area contributed by atoms with Gasteiger partial charge < -0.3 is 5.11 Å². The average Bonchev–Trinajstić information content (AvgIpc) is 2.91. The van der Waals surface area contributed by atoms with Crippen molar-refractivity contribution in [2.45, 2.75) is 189 Å². The van der Waals surface area contributed by atoms with Gasteiger partial charge in [-0.25, -0.2) is 0 Å². The summed E-state index contributed by atoms with van der Waals surface area (Å²) >= 11 is 3.08. The normalized spacial score (nSPS) is 12.4. The van der Waals surface area contributed by atoms with Crippen molar-refractivity contribution in [1.29, 1.82) is 0 Å². The largest absolute Gasteiger partial charge is 0.393 e. The molecule has 0 fully saturated rings. The highest BCUT2D eigenvalue weighted by atomic mass is 32.2. The molecule has 0 saturated heterocycles. The molecule has 0 amide bonds. The zero-order valence-corrected chi connectivity index (χ0v) is 29.3. The summed E-state index contributed by atoms with van der Waals surface area (Å²) in [5, 5.41) is 11.1. The highest BCUT2D eigenvalue weighted by Crippen LogP contribution is 2.32. The Morgan fingerprint density at radius 1 is 0.525 bits per heavy atom. The van der Waals surface area contributed by atoms with Gasteiger partial charge >= 0.3 is 0 Å². The van der Waals surface area contributed by atoms with Gasteiger partial charge in [-0.2, -0.15) is 0 Å². The molecular weight excluding hydrogens is 533 g/mol. The number of carbonyl (C=O) groups excluding carboxylic acids is 2. The van der Waals surface area contributed by atoms with Gasteiger partial charge in [0.25, 0.3) is 0 Å². The van der Waals surface area contributed by atoms with E-state index in [4.69, 9.17) is 0 Å². The van der Waals surface area contributed by atoms with E-state index in [9.17, 15) is 14.7 Å². The van der Waals surface area contributed by atoms with E-state index in [-0.39, 0.29) is 16.9 Å². The number of thioether (sulfide) groups is 2. The van der Waals surface area contributed by atoms with E-state index in [1.54, 1.807) is 0 Å². The Morgan fingerprint density at radius 2 is 0.850 bits per heavy atom. The van der Waals surface area contributed by atoms with Crippen molar-refractivity contribution in [2.75, 3.05) is 11.5 Å². The molecule has 0 heterocycles. The number of aliphatic hydroxyl groups is 1. The Bertz CT molecular complexity index is 566. The molecule has 0 aromatic heterocycles. The maximum Gasteiger partial charge on any atom is 0.194 e. The number of unbranched alkanes of at least 4 members (excludes halogenated alkanes) is 14. The molecule has 0 unspecified atom stereocenters. The van der Waals surface area contributed by atoms with Gasteiger partial charge in [0, 0.05) is 22.3 Å². The first-order valence-corrected chi connectivity index (χ1v) is 19.1. The Balaban J connectivity index is 3.81. The zero-order chi connectivity index (χ0) is 30.1. The number of hydrogen-bond donors (Lipinski definition) is 1. The lowest BCUT2D eigenvalue weighted by atomic mass is 9.87. The lowest BCUT2D eigenvalue weighted by Gasteiger charge is -2.22. The number of aliphatic hydroxyl groups excluding tert-OH is 1. The Kier molecular flexibility index (Phi) is 25.5. The Hall–Kier alpha value is -0.000000000000000111. The number of carbonyl (C=O) groups is 2. The summed E-state index contributed by atoms with van der Waals surface area (Å²) in [6.07, 6.45) is 25.0. The third-order valence-corrected chi connectivity index (χ3v) is 10.9. The van der Waals surface area contributed by atoms with Gasteiger partial charge in [0.15, 0.2) is 10.2 Å². The molecule has 40 heavy (non-hydrogen) atoms. The van der Waals surface area contributed by atoms with Gasteiger partial charge in [-0.3, -0.25) is 9.59 Å². The molecule has 1 N–H and O–H groups in total. The molecule has 0 bridgehead atoms. The fourth-order valence-electron chi connectivity index (χ4n) is 5.08. The van der Waals surface area contributed by atoms with Crippen LogP contribution >= 0.6 is 23.5 Å². The molecule has 238 valence electrons. The zero-order valence-electron chi connectivity index (χ0n) is 27.6. The molecule has 0 rings (SSSR count). The van der Waals surface area contributed by atoms with E-state index in [1.807, 2.05) is 0 Å². The van der Waals surface area contributed by atoms with Crippen molar-refractivity contribution >= 4 is 33.8 Å². The van der Waals surface area contributed by atoms with Crippen LogP contribution in [0.1, 0.15) is 183 Å². The van der Waals surface area contributed by atoms with Crippen molar-refractivity contribution in [2.24, 2.45) is 10.8 Å². The van der Waals surface area contributed by atoms with Crippen LogP contribution in [0.5, 0.6) is 0 Å². The molecule has 3 nitrogen and oxygen atoms in total. The molecular formula is C35H68O3S2. The van der Waals surface area contributed by atoms with Gasteiger partial charge in [-0.05, 0) is 38.5 Å². The quantitative estimate of drug-likeness (QED) is 0.0905. The Morgan fingerprint density at radius 3 is 1.23 bits per heavy atom. The number of rotatable bonds is 28. The van der Waals surface area contributed by atoms with Crippen LogP contribution in [-0.4, -0.2) is 32.9 Å². The monoisotopic (exact) mass is 600 g/mol. The third kappa shape index (κ3) is 22.6. The molecule has 5 heteroatoms. The lowest BCUT2D eigenvalue weighted by molar-refractivity contribution is -0.119. The average molecular weight is 601 g/mol.